The Bertz CT molecular complexity index is 608. The highest BCUT2D eigenvalue weighted by atomic mass is 16.3. The van der Waals surface area contributed by atoms with Crippen LogP contribution in [0.15, 0.2) is 42.5 Å². The molecule has 0 spiro atoms. The average Bonchev–Trinajstić information content (AvgIpc) is 3.13. The molecule has 1 saturated carbocycles. The quantitative estimate of drug-likeness (QED) is 0.850. The summed E-state index contributed by atoms with van der Waals surface area (Å²) >= 11 is 0. The van der Waals surface area contributed by atoms with Crippen LogP contribution in [0.5, 0.6) is 0 Å². The maximum atomic E-state index is 9.41. The number of hydrogen-bond acceptors (Lipinski definition) is 2. The predicted molar refractivity (Wildman–Crippen MR) is 66.4 cm³/mol. The number of nitriles is 1. The van der Waals surface area contributed by atoms with E-state index in [4.69, 9.17) is 0 Å². The third-order valence-electron chi connectivity index (χ3n) is 3.80. The minimum atomic E-state index is -0.463. The first-order chi connectivity index (χ1) is 8.31. The molecular formula is C15H13NO. The van der Waals surface area contributed by atoms with Gasteiger partial charge in [0.2, 0.25) is 0 Å². The summed E-state index contributed by atoms with van der Waals surface area (Å²) in [5, 5.41) is 21.0. The number of nitrogens with zero attached hydrogens (tertiary/aromatic N) is 1. The lowest BCUT2D eigenvalue weighted by atomic mass is 9.90. The fourth-order valence-corrected chi connectivity index (χ4v) is 2.69. The summed E-state index contributed by atoms with van der Waals surface area (Å²) in [7, 11) is 0. The van der Waals surface area contributed by atoms with Crippen LogP contribution in [-0.4, -0.2) is 11.7 Å². The maximum absolute atomic E-state index is 9.41. The summed E-state index contributed by atoms with van der Waals surface area (Å²) in [6.45, 7) is 0.0940. The number of aliphatic hydroxyl groups excluding tert-OH is 1. The molecular weight excluding hydrogens is 210 g/mol. The van der Waals surface area contributed by atoms with Crippen molar-refractivity contribution in [1.82, 2.24) is 0 Å². The number of aliphatic hydroxyl groups is 1. The van der Waals surface area contributed by atoms with Crippen molar-refractivity contribution in [3.05, 3.63) is 48.0 Å². The van der Waals surface area contributed by atoms with E-state index in [0.717, 1.165) is 22.8 Å². The van der Waals surface area contributed by atoms with Crippen molar-refractivity contribution >= 4 is 10.8 Å². The monoisotopic (exact) mass is 223 g/mol. The Hall–Kier alpha value is -1.85. The second-order valence-electron chi connectivity index (χ2n) is 4.69. The summed E-state index contributed by atoms with van der Waals surface area (Å²) in [6.07, 6.45) is 0.772. The highest BCUT2D eigenvalue weighted by Crippen LogP contribution is 2.55. The lowest BCUT2D eigenvalue weighted by molar-refractivity contribution is 0.269. The third-order valence-corrected chi connectivity index (χ3v) is 3.80. The van der Waals surface area contributed by atoms with E-state index in [1.807, 2.05) is 24.3 Å². The predicted octanol–water partition coefficient (Wildman–Crippen LogP) is 2.61. The van der Waals surface area contributed by atoms with Gasteiger partial charge >= 0.3 is 0 Å². The molecule has 0 amide bonds. The molecule has 0 aliphatic heterocycles. The number of benzene rings is 2. The van der Waals surface area contributed by atoms with Gasteiger partial charge in [0.25, 0.3) is 0 Å². The van der Waals surface area contributed by atoms with Crippen LogP contribution in [0.25, 0.3) is 10.8 Å². The summed E-state index contributed by atoms with van der Waals surface area (Å²) in [6, 6.07) is 16.6. The van der Waals surface area contributed by atoms with Gasteiger partial charge in [-0.25, -0.2) is 0 Å². The Labute approximate surface area is 100 Å². The Morgan fingerprint density at radius 1 is 1.24 bits per heavy atom. The van der Waals surface area contributed by atoms with Crippen LogP contribution in [0.4, 0.5) is 0 Å². The zero-order valence-electron chi connectivity index (χ0n) is 9.43. The molecule has 0 heterocycles. The fourth-order valence-electron chi connectivity index (χ4n) is 2.69. The van der Waals surface area contributed by atoms with Crippen molar-refractivity contribution in [2.75, 3.05) is 6.61 Å². The van der Waals surface area contributed by atoms with Gasteiger partial charge in [0.1, 0.15) is 0 Å². The summed E-state index contributed by atoms with van der Waals surface area (Å²) < 4.78 is 0. The van der Waals surface area contributed by atoms with Crippen LogP contribution in [-0.2, 0) is 5.41 Å². The van der Waals surface area contributed by atoms with E-state index in [1.165, 1.54) is 0 Å². The normalized spacial score (nSPS) is 26.7. The molecule has 2 aromatic rings. The number of rotatable bonds is 2. The zero-order chi connectivity index (χ0) is 11.9. The number of hydrogen-bond donors (Lipinski definition) is 1. The highest BCUT2D eigenvalue weighted by molar-refractivity contribution is 5.87. The molecule has 3 rings (SSSR count). The number of fused-ring (bicyclic) bond motifs is 1. The van der Waals surface area contributed by atoms with Crippen LogP contribution < -0.4 is 0 Å². The van der Waals surface area contributed by atoms with Gasteiger partial charge in [0.15, 0.2) is 0 Å². The molecule has 0 saturated heterocycles. The lowest BCUT2D eigenvalue weighted by Crippen LogP contribution is -2.09. The molecule has 0 bridgehead atoms. The second-order valence-corrected chi connectivity index (χ2v) is 4.69. The molecule has 17 heavy (non-hydrogen) atoms. The summed E-state index contributed by atoms with van der Waals surface area (Å²) in [4.78, 5) is 0. The molecule has 1 aliphatic rings. The molecule has 1 fully saturated rings. The van der Waals surface area contributed by atoms with Gasteiger partial charge in [-0.3, -0.25) is 0 Å². The van der Waals surface area contributed by atoms with Gasteiger partial charge in [0.05, 0.1) is 11.5 Å². The smallest absolute Gasteiger partial charge is 0.0883 e. The molecule has 2 nitrogen and oxygen atoms in total. The topological polar surface area (TPSA) is 44.0 Å². The highest BCUT2D eigenvalue weighted by Gasteiger charge is 2.56. The minimum absolute atomic E-state index is 0.0940. The third kappa shape index (κ3) is 1.36. The van der Waals surface area contributed by atoms with Crippen molar-refractivity contribution in [3.63, 3.8) is 0 Å². The van der Waals surface area contributed by atoms with Gasteiger partial charge in [0, 0.05) is 12.5 Å². The molecule has 84 valence electrons. The van der Waals surface area contributed by atoms with Crippen molar-refractivity contribution in [2.45, 2.75) is 11.8 Å². The van der Waals surface area contributed by atoms with Crippen molar-refractivity contribution < 1.29 is 5.11 Å². The lowest BCUT2D eigenvalue weighted by Gasteiger charge is -2.12. The molecule has 0 radical (unpaired) electrons. The molecule has 1 aliphatic carbocycles. The van der Waals surface area contributed by atoms with E-state index < -0.39 is 5.41 Å². The van der Waals surface area contributed by atoms with Crippen molar-refractivity contribution in [1.29, 1.82) is 5.26 Å². The second kappa shape index (κ2) is 3.58. The van der Waals surface area contributed by atoms with Crippen LogP contribution in [0.1, 0.15) is 12.0 Å². The molecule has 0 aromatic heterocycles. The van der Waals surface area contributed by atoms with Crippen molar-refractivity contribution in [2.24, 2.45) is 5.92 Å². The first-order valence-corrected chi connectivity index (χ1v) is 5.82. The zero-order valence-corrected chi connectivity index (χ0v) is 9.43. The summed E-state index contributed by atoms with van der Waals surface area (Å²) in [5.74, 6) is 0.0957. The van der Waals surface area contributed by atoms with Gasteiger partial charge in [-0.15, -0.1) is 0 Å². The molecule has 2 heteroatoms. The van der Waals surface area contributed by atoms with E-state index in [2.05, 4.69) is 24.3 Å². The van der Waals surface area contributed by atoms with Gasteiger partial charge in [-0.05, 0) is 22.8 Å². The minimum Gasteiger partial charge on any atom is -0.396 e. The standard InChI is InChI=1S/C15H13NO/c16-10-15(8-12(15)9-17)14-7-3-5-11-4-1-2-6-13(11)14/h1-7,12,17H,8-9H2. The van der Waals surface area contributed by atoms with Crippen LogP contribution in [0, 0.1) is 17.2 Å². The molecule has 2 unspecified atom stereocenters. The van der Waals surface area contributed by atoms with E-state index in [0.29, 0.717) is 0 Å². The van der Waals surface area contributed by atoms with Crippen LogP contribution in [0.2, 0.25) is 0 Å². The first-order valence-electron chi connectivity index (χ1n) is 5.82. The summed E-state index contributed by atoms with van der Waals surface area (Å²) in [5.41, 5.74) is 0.604. The molecule has 1 N–H and O–H groups in total. The Kier molecular flexibility index (Phi) is 2.17. The maximum Gasteiger partial charge on any atom is 0.0883 e. The van der Waals surface area contributed by atoms with E-state index >= 15 is 0 Å². The van der Waals surface area contributed by atoms with E-state index in [-0.39, 0.29) is 12.5 Å². The Morgan fingerprint density at radius 2 is 2.00 bits per heavy atom. The largest absolute Gasteiger partial charge is 0.396 e. The van der Waals surface area contributed by atoms with E-state index in [9.17, 15) is 10.4 Å². The molecule has 2 aromatic carbocycles. The first kappa shape index (κ1) is 10.3. The van der Waals surface area contributed by atoms with Gasteiger partial charge in [-0.1, -0.05) is 42.5 Å². The SMILES string of the molecule is N#CC1(c2cccc3ccccc23)CC1CO. The van der Waals surface area contributed by atoms with Gasteiger partial charge in [-0.2, -0.15) is 5.26 Å². The van der Waals surface area contributed by atoms with Crippen LogP contribution >= 0.6 is 0 Å². The Balaban J connectivity index is 2.22. The molecule has 2 atom stereocenters. The van der Waals surface area contributed by atoms with Crippen molar-refractivity contribution in [3.8, 4) is 6.07 Å². The van der Waals surface area contributed by atoms with E-state index in [1.54, 1.807) is 0 Å². The van der Waals surface area contributed by atoms with Gasteiger partial charge < -0.3 is 5.11 Å². The van der Waals surface area contributed by atoms with Crippen LogP contribution in [0.3, 0.4) is 0 Å². The fraction of sp³-hybridized carbons (Fsp3) is 0.267. The average molecular weight is 223 g/mol. The Morgan fingerprint density at radius 3 is 2.71 bits per heavy atom.